The van der Waals surface area contributed by atoms with Crippen LogP contribution in [0.2, 0.25) is 5.02 Å². The number of carbonyl (C=O) groups excluding carboxylic acids is 1. The van der Waals surface area contributed by atoms with Crippen molar-refractivity contribution in [3.63, 3.8) is 0 Å². The van der Waals surface area contributed by atoms with E-state index < -0.39 is 0 Å². The Morgan fingerprint density at radius 3 is 2.80 bits per heavy atom. The Balaban J connectivity index is 0.00000200. The molecule has 2 N–H and O–H groups in total. The van der Waals surface area contributed by atoms with E-state index in [1.807, 2.05) is 0 Å². The molecular formula is C14H20Cl2N2O2. The van der Waals surface area contributed by atoms with Crippen LogP contribution in [0.1, 0.15) is 19.3 Å². The van der Waals surface area contributed by atoms with Crippen LogP contribution in [0.5, 0.6) is 5.75 Å². The highest BCUT2D eigenvalue weighted by atomic mass is 35.5. The van der Waals surface area contributed by atoms with Gasteiger partial charge in [-0.05, 0) is 43.7 Å². The average molecular weight is 319 g/mol. The van der Waals surface area contributed by atoms with Crippen molar-refractivity contribution in [2.45, 2.75) is 25.3 Å². The number of nitrogens with one attached hydrogen (secondary N) is 2. The topological polar surface area (TPSA) is 50.4 Å². The van der Waals surface area contributed by atoms with Gasteiger partial charge in [0.2, 0.25) is 5.91 Å². The standard InChI is InChI=1S/C14H19ClN2O2.ClH/c15-11-3-5-13(6-4-11)19-9-7-14(18)17-12-2-1-8-16-10-12;/h3-6,12,16H,1-2,7-10H2,(H,17,18);1H/t12-;/m0./s1. The summed E-state index contributed by atoms with van der Waals surface area (Å²) in [5.74, 6) is 0.777. The lowest BCUT2D eigenvalue weighted by atomic mass is 10.1. The fraction of sp³-hybridized carbons (Fsp3) is 0.500. The third kappa shape index (κ3) is 5.99. The lowest BCUT2D eigenvalue weighted by molar-refractivity contribution is -0.122. The average Bonchev–Trinajstić information content (AvgIpc) is 2.42. The van der Waals surface area contributed by atoms with E-state index in [9.17, 15) is 4.79 Å². The number of amides is 1. The van der Waals surface area contributed by atoms with E-state index in [1.54, 1.807) is 24.3 Å². The maximum Gasteiger partial charge on any atom is 0.223 e. The zero-order valence-corrected chi connectivity index (χ0v) is 12.8. The molecule has 0 aliphatic carbocycles. The summed E-state index contributed by atoms with van der Waals surface area (Å²) in [4.78, 5) is 11.7. The largest absolute Gasteiger partial charge is 0.493 e. The van der Waals surface area contributed by atoms with Crippen molar-refractivity contribution < 1.29 is 9.53 Å². The van der Waals surface area contributed by atoms with Gasteiger partial charge in [0.1, 0.15) is 5.75 Å². The van der Waals surface area contributed by atoms with Gasteiger partial charge >= 0.3 is 0 Å². The van der Waals surface area contributed by atoms with E-state index in [-0.39, 0.29) is 24.4 Å². The summed E-state index contributed by atoms with van der Waals surface area (Å²) in [6.07, 6.45) is 2.54. The van der Waals surface area contributed by atoms with Crippen molar-refractivity contribution >= 4 is 29.9 Å². The first kappa shape index (κ1) is 17.1. The van der Waals surface area contributed by atoms with Crippen LogP contribution in [0.15, 0.2) is 24.3 Å². The SMILES string of the molecule is Cl.O=C(CCOc1ccc(Cl)cc1)N[C@H]1CCCNC1. The first-order valence-electron chi connectivity index (χ1n) is 6.62. The van der Waals surface area contributed by atoms with Gasteiger partial charge in [-0.3, -0.25) is 4.79 Å². The molecule has 6 heteroatoms. The normalized spacial score (nSPS) is 17.9. The van der Waals surface area contributed by atoms with Gasteiger partial charge in [-0.15, -0.1) is 12.4 Å². The monoisotopic (exact) mass is 318 g/mol. The number of rotatable bonds is 5. The molecule has 0 bridgehead atoms. The number of hydrogen-bond donors (Lipinski definition) is 2. The Labute approximate surface area is 130 Å². The third-order valence-corrected chi connectivity index (χ3v) is 3.33. The number of piperidine rings is 1. The van der Waals surface area contributed by atoms with Gasteiger partial charge in [-0.1, -0.05) is 11.6 Å². The minimum atomic E-state index is 0. The number of hydrogen-bond acceptors (Lipinski definition) is 3. The molecule has 0 saturated carbocycles. The maximum absolute atomic E-state index is 11.7. The van der Waals surface area contributed by atoms with Crippen molar-refractivity contribution in [3.8, 4) is 5.75 Å². The molecule has 20 heavy (non-hydrogen) atoms. The van der Waals surface area contributed by atoms with Crippen LogP contribution in [0.4, 0.5) is 0 Å². The van der Waals surface area contributed by atoms with Crippen LogP contribution < -0.4 is 15.4 Å². The molecule has 1 amide bonds. The van der Waals surface area contributed by atoms with Gasteiger partial charge in [-0.25, -0.2) is 0 Å². The first-order chi connectivity index (χ1) is 9.24. The molecule has 1 atom stereocenters. The van der Waals surface area contributed by atoms with Crippen LogP contribution in [-0.2, 0) is 4.79 Å². The lowest BCUT2D eigenvalue weighted by Crippen LogP contribution is -2.45. The van der Waals surface area contributed by atoms with Crippen LogP contribution in [0.3, 0.4) is 0 Å². The Bertz CT molecular complexity index is 406. The van der Waals surface area contributed by atoms with Crippen LogP contribution in [0, 0.1) is 0 Å². The summed E-state index contributed by atoms with van der Waals surface area (Å²) in [6.45, 7) is 2.30. The van der Waals surface area contributed by atoms with Crippen molar-refractivity contribution in [2.24, 2.45) is 0 Å². The molecule has 1 saturated heterocycles. The smallest absolute Gasteiger partial charge is 0.223 e. The fourth-order valence-electron chi connectivity index (χ4n) is 2.07. The second kappa shape index (κ2) is 9.06. The van der Waals surface area contributed by atoms with Crippen molar-refractivity contribution in [2.75, 3.05) is 19.7 Å². The molecule has 0 radical (unpaired) electrons. The van der Waals surface area contributed by atoms with Crippen LogP contribution in [0.25, 0.3) is 0 Å². The Morgan fingerprint density at radius 2 is 2.15 bits per heavy atom. The number of benzene rings is 1. The Hall–Kier alpha value is -0.970. The van der Waals surface area contributed by atoms with Gasteiger partial charge in [0, 0.05) is 17.6 Å². The highest BCUT2D eigenvalue weighted by molar-refractivity contribution is 6.30. The fourth-order valence-corrected chi connectivity index (χ4v) is 2.19. The van der Waals surface area contributed by atoms with E-state index in [1.165, 1.54) is 0 Å². The van der Waals surface area contributed by atoms with E-state index in [0.717, 1.165) is 31.7 Å². The minimum absolute atomic E-state index is 0. The molecule has 1 fully saturated rings. The lowest BCUT2D eigenvalue weighted by Gasteiger charge is -2.23. The first-order valence-corrected chi connectivity index (χ1v) is 7.00. The summed E-state index contributed by atoms with van der Waals surface area (Å²) in [7, 11) is 0. The zero-order chi connectivity index (χ0) is 13.5. The van der Waals surface area contributed by atoms with E-state index in [0.29, 0.717) is 18.1 Å². The summed E-state index contributed by atoms with van der Waals surface area (Å²) in [5, 5.41) is 6.96. The number of carbonyl (C=O) groups is 1. The molecule has 1 aliphatic rings. The number of ether oxygens (including phenoxy) is 1. The predicted molar refractivity (Wildman–Crippen MR) is 82.8 cm³/mol. The van der Waals surface area contributed by atoms with Gasteiger partial charge in [-0.2, -0.15) is 0 Å². The van der Waals surface area contributed by atoms with Gasteiger partial charge in [0.05, 0.1) is 13.0 Å². The molecule has 2 rings (SSSR count). The minimum Gasteiger partial charge on any atom is -0.493 e. The molecule has 1 aliphatic heterocycles. The number of halogens is 2. The van der Waals surface area contributed by atoms with Crippen molar-refractivity contribution in [3.05, 3.63) is 29.3 Å². The molecule has 0 aromatic heterocycles. The van der Waals surface area contributed by atoms with Gasteiger partial charge in [0.15, 0.2) is 0 Å². The van der Waals surface area contributed by atoms with E-state index >= 15 is 0 Å². The van der Waals surface area contributed by atoms with E-state index in [2.05, 4.69) is 10.6 Å². The highest BCUT2D eigenvalue weighted by Crippen LogP contribution is 2.15. The summed E-state index contributed by atoms with van der Waals surface area (Å²) in [6, 6.07) is 7.39. The summed E-state index contributed by atoms with van der Waals surface area (Å²) in [5.41, 5.74) is 0. The summed E-state index contributed by atoms with van der Waals surface area (Å²) >= 11 is 5.78. The van der Waals surface area contributed by atoms with Crippen LogP contribution in [-0.4, -0.2) is 31.6 Å². The molecule has 1 aromatic carbocycles. The molecular weight excluding hydrogens is 299 g/mol. The second-order valence-corrected chi connectivity index (χ2v) is 5.10. The highest BCUT2D eigenvalue weighted by Gasteiger charge is 2.14. The zero-order valence-electron chi connectivity index (χ0n) is 11.2. The van der Waals surface area contributed by atoms with Crippen LogP contribution >= 0.6 is 24.0 Å². The maximum atomic E-state index is 11.7. The molecule has 1 aromatic rings. The summed E-state index contributed by atoms with van der Waals surface area (Å²) < 4.78 is 5.49. The van der Waals surface area contributed by atoms with Crippen molar-refractivity contribution in [1.82, 2.24) is 10.6 Å². The third-order valence-electron chi connectivity index (χ3n) is 3.07. The quantitative estimate of drug-likeness (QED) is 0.876. The second-order valence-electron chi connectivity index (χ2n) is 4.66. The Morgan fingerprint density at radius 1 is 1.40 bits per heavy atom. The predicted octanol–water partition coefficient (Wildman–Crippen LogP) is 2.40. The molecule has 0 unspecified atom stereocenters. The van der Waals surface area contributed by atoms with Gasteiger partial charge < -0.3 is 15.4 Å². The molecule has 112 valence electrons. The molecule has 4 nitrogen and oxygen atoms in total. The Kier molecular flexibility index (Phi) is 7.73. The van der Waals surface area contributed by atoms with Crippen molar-refractivity contribution in [1.29, 1.82) is 0 Å². The van der Waals surface area contributed by atoms with E-state index in [4.69, 9.17) is 16.3 Å². The molecule has 1 heterocycles. The van der Waals surface area contributed by atoms with Gasteiger partial charge in [0.25, 0.3) is 0 Å². The molecule has 0 spiro atoms.